The van der Waals surface area contributed by atoms with E-state index in [1.165, 1.54) is 0 Å². The van der Waals surface area contributed by atoms with Gasteiger partial charge in [0.15, 0.2) is 11.5 Å². The zero-order valence-corrected chi connectivity index (χ0v) is 6.64. The molecule has 11 heavy (non-hydrogen) atoms. The average Bonchev–Trinajstić information content (AvgIpc) is 2.27. The highest BCUT2D eigenvalue weighted by atomic mass is 35.5. The van der Waals surface area contributed by atoms with Crippen LogP contribution >= 0.6 is 11.6 Å². The lowest BCUT2D eigenvalue weighted by Crippen LogP contribution is -1.67. The molecule has 0 amide bonds. The highest BCUT2D eigenvalue weighted by molar-refractivity contribution is 6.31. The molecule has 1 radical (unpaired) electrons. The second-order valence-electron chi connectivity index (χ2n) is 2.26. The first kappa shape index (κ1) is 6.68. The molecular formula is C8H5ClNO. The molecule has 1 heterocycles. The van der Waals surface area contributed by atoms with Crippen LogP contribution in [-0.4, -0.2) is 4.98 Å². The largest absolute Gasteiger partial charge is 0.441 e. The van der Waals surface area contributed by atoms with Gasteiger partial charge in [-0.1, -0.05) is 11.6 Å². The van der Waals surface area contributed by atoms with Crippen LogP contribution in [0.3, 0.4) is 0 Å². The van der Waals surface area contributed by atoms with E-state index in [9.17, 15) is 0 Å². The van der Waals surface area contributed by atoms with Crippen molar-refractivity contribution in [2.75, 3.05) is 0 Å². The smallest absolute Gasteiger partial charge is 0.192 e. The van der Waals surface area contributed by atoms with Gasteiger partial charge in [0.2, 0.25) is 0 Å². The predicted octanol–water partition coefficient (Wildman–Crippen LogP) is 2.59. The van der Waals surface area contributed by atoms with Crippen LogP contribution < -0.4 is 0 Å². The molecule has 0 aliphatic heterocycles. The lowest BCUT2D eigenvalue weighted by atomic mass is 10.3. The predicted molar refractivity (Wildman–Crippen MR) is 42.6 cm³/mol. The number of hydrogen-bond acceptors (Lipinski definition) is 2. The number of fused-ring (bicyclic) bond motifs is 1. The molecule has 0 unspecified atom stereocenters. The van der Waals surface area contributed by atoms with Gasteiger partial charge < -0.3 is 4.42 Å². The number of benzene rings is 1. The summed E-state index contributed by atoms with van der Waals surface area (Å²) in [4.78, 5) is 4.10. The maximum Gasteiger partial charge on any atom is 0.192 e. The molecule has 0 atom stereocenters. The van der Waals surface area contributed by atoms with Crippen LogP contribution in [0.15, 0.2) is 16.5 Å². The third-order valence-corrected chi connectivity index (χ3v) is 1.61. The van der Waals surface area contributed by atoms with Crippen molar-refractivity contribution in [2.45, 2.75) is 6.92 Å². The monoisotopic (exact) mass is 166 g/mol. The molecule has 0 aliphatic rings. The Morgan fingerprint density at radius 3 is 3.27 bits per heavy atom. The van der Waals surface area contributed by atoms with Gasteiger partial charge in [-0.15, -0.1) is 0 Å². The summed E-state index contributed by atoms with van der Waals surface area (Å²) >= 11 is 5.68. The van der Waals surface area contributed by atoms with E-state index in [1.807, 2.05) is 0 Å². The minimum Gasteiger partial charge on any atom is -0.441 e. The van der Waals surface area contributed by atoms with Gasteiger partial charge in [-0.25, -0.2) is 4.98 Å². The molecule has 0 saturated carbocycles. The lowest BCUT2D eigenvalue weighted by Gasteiger charge is -1.84. The third kappa shape index (κ3) is 1.10. The quantitative estimate of drug-likeness (QED) is 0.601. The first-order valence-electron chi connectivity index (χ1n) is 3.20. The van der Waals surface area contributed by atoms with Crippen molar-refractivity contribution in [3.05, 3.63) is 29.1 Å². The minimum absolute atomic E-state index is 0.550. The maximum absolute atomic E-state index is 5.68. The molecule has 55 valence electrons. The summed E-state index contributed by atoms with van der Waals surface area (Å²) in [6, 6.07) is 6.25. The number of rotatable bonds is 0. The number of halogens is 1. The Morgan fingerprint density at radius 1 is 1.64 bits per heavy atom. The molecule has 0 spiro atoms. The fourth-order valence-electron chi connectivity index (χ4n) is 0.960. The number of hydrogen-bond donors (Lipinski definition) is 0. The molecule has 3 heteroatoms. The SMILES string of the molecule is Cc1nc2c[c]c(Cl)cc2o1. The molecule has 1 aromatic carbocycles. The summed E-state index contributed by atoms with van der Waals surface area (Å²) in [5, 5.41) is 0.550. The molecule has 2 aromatic rings. The van der Waals surface area contributed by atoms with Crippen molar-refractivity contribution in [3.63, 3.8) is 0 Å². The van der Waals surface area contributed by atoms with E-state index in [2.05, 4.69) is 11.1 Å². The zero-order valence-electron chi connectivity index (χ0n) is 5.89. The van der Waals surface area contributed by atoms with Gasteiger partial charge in [0.25, 0.3) is 0 Å². The molecular weight excluding hydrogens is 162 g/mol. The van der Waals surface area contributed by atoms with Crippen molar-refractivity contribution in [1.29, 1.82) is 0 Å². The number of aryl methyl sites for hydroxylation is 1. The van der Waals surface area contributed by atoms with Gasteiger partial charge in [0, 0.05) is 19.1 Å². The molecule has 0 bridgehead atoms. The number of oxazole rings is 1. The minimum atomic E-state index is 0.550. The van der Waals surface area contributed by atoms with Gasteiger partial charge in [0.1, 0.15) is 5.52 Å². The van der Waals surface area contributed by atoms with E-state index in [0.717, 1.165) is 5.52 Å². The van der Waals surface area contributed by atoms with Crippen LogP contribution in [0.1, 0.15) is 5.89 Å². The summed E-state index contributed by atoms with van der Waals surface area (Å²) in [6.07, 6.45) is 0. The Labute approximate surface area is 68.8 Å². The molecule has 0 saturated heterocycles. The topological polar surface area (TPSA) is 26.0 Å². The molecule has 2 nitrogen and oxygen atoms in total. The molecule has 0 fully saturated rings. The van der Waals surface area contributed by atoms with Crippen molar-refractivity contribution in [2.24, 2.45) is 0 Å². The molecule has 1 aromatic heterocycles. The van der Waals surface area contributed by atoms with E-state index in [1.54, 1.807) is 19.1 Å². The third-order valence-electron chi connectivity index (χ3n) is 1.39. The second-order valence-corrected chi connectivity index (χ2v) is 2.67. The first-order chi connectivity index (χ1) is 5.25. The maximum atomic E-state index is 5.68. The first-order valence-corrected chi connectivity index (χ1v) is 3.58. The Bertz CT molecular complexity index is 394. The van der Waals surface area contributed by atoms with Gasteiger partial charge in [-0.05, 0) is 6.07 Å². The average molecular weight is 167 g/mol. The van der Waals surface area contributed by atoms with E-state index in [4.69, 9.17) is 16.0 Å². The molecule has 2 rings (SSSR count). The van der Waals surface area contributed by atoms with Gasteiger partial charge in [0.05, 0.1) is 5.02 Å². The van der Waals surface area contributed by atoms with Crippen molar-refractivity contribution >= 4 is 22.7 Å². The second kappa shape index (κ2) is 2.24. The fourth-order valence-corrected chi connectivity index (χ4v) is 1.11. The molecule has 0 N–H and O–H groups in total. The Morgan fingerprint density at radius 2 is 2.45 bits per heavy atom. The summed E-state index contributed by atoms with van der Waals surface area (Å²) in [5.41, 5.74) is 1.51. The van der Waals surface area contributed by atoms with Gasteiger partial charge in [-0.3, -0.25) is 0 Å². The highest BCUT2D eigenvalue weighted by Gasteiger charge is 2.00. The summed E-state index contributed by atoms with van der Waals surface area (Å²) in [6.45, 7) is 1.80. The Hall–Kier alpha value is -1.02. The fraction of sp³-hybridized carbons (Fsp3) is 0.125. The van der Waals surface area contributed by atoms with Crippen LogP contribution in [0, 0.1) is 13.0 Å². The summed E-state index contributed by atoms with van der Waals surface area (Å²) in [7, 11) is 0. The van der Waals surface area contributed by atoms with Gasteiger partial charge >= 0.3 is 0 Å². The van der Waals surface area contributed by atoms with E-state index < -0.39 is 0 Å². The van der Waals surface area contributed by atoms with E-state index in [-0.39, 0.29) is 0 Å². The van der Waals surface area contributed by atoms with Crippen molar-refractivity contribution in [1.82, 2.24) is 4.98 Å². The van der Waals surface area contributed by atoms with Crippen LogP contribution in [0.2, 0.25) is 5.02 Å². The van der Waals surface area contributed by atoms with E-state index >= 15 is 0 Å². The molecule has 0 aliphatic carbocycles. The number of nitrogens with zero attached hydrogens (tertiary/aromatic N) is 1. The Kier molecular flexibility index (Phi) is 1.36. The van der Waals surface area contributed by atoms with Crippen LogP contribution in [0.25, 0.3) is 11.1 Å². The highest BCUT2D eigenvalue weighted by Crippen LogP contribution is 2.18. The Balaban J connectivity index is 2.82. The van der Waals surface area contributed by atoms with Gasteiger partial charge in [-0.2, -0.15) is 0 Å². The number of aromatic nitrogens is 1. The lowest BCUT2D eigenvalue weighted by molar-refractivity contribution is 0.561. The van der Waals surface area contributed by atoms with Crippen molar-refractivity contribution in [3.8, 4) is 0 Å². The zero-order chi connectivity index (χ0) is 7.84. The van der Waals surface area contributed by atoms with Crippen LogP contribution in [0.5, 0.6) is 0 Å². The summed E-state index contributed by atoms with van der Waals surface area (Å²) < 4.78 is 5.23. The standard InChI is InChI=1S/C8H5ClNO/c1-5-10-7-3-2-6(9)4-8(7)11-5/h3-4H,1H3. The van der Waals surface area contributed by atoms with E-state index in [0.29, 0.717) is 16.5 Å². The van der Waals surface area contributed by atoms with Crippen LogP contribution in [0.4, 0.5) is 0 Å². The van der Waals surface area contributed by atoms with Crippen LogP contribution in [-0.2, 0) is 0 Å². The summed E-state index contributed by atoms with van der Waals surface area (Å²) in [5.74, 6) is 0.649. The normalized spacial score (nSPS) is 10.7. The van der Waals surface area contributed by atoms with Crippen molar-refractivity contribution < 1.29 is 4.42 Å².